The van der Waals surface area contributed by atoms with Gasteiger partial charge in [0.25, 0.3) is 0 Å². The van der Waals surface area contributed by atoms with E-state index in [2.05, 4.69) is 41.6 Å². The minimum Gasteiger partial charge on any atom is -0.333 e. The first kappa shape index (κ1) is 14.5. The number of thiophene rings is 1. The van der Waals surface area contributed by atoms with Crippen molar-refractivity contribution in [2.45, 2.75) is 51.6 Å². The van der Waals surface area contributed by atoms with Crippen molar-refractivity contribution in [1.82, 2.24) is 10.2 Å². The summed E-state index contributed by atoms with van der Waals surface area (Å²) in [4.78, 5) is 16.0. The van der Waals surface area contributed by atoms with Gasteiger partial charge >= 0.3 is 0 Å². The van der Waals surface area contributed by atoms with Gasteiger partial charge in [-0.1, -0.05) is 26.3 Å². The number of hydrogen-bond acceptors (Lipinski definition) is 3. The molecule has 0 spiro atoms. The quantitative estimate of drug-likeness (QED) is 0.868. The number of piperidine rings is 1. The van der Waals surface area contributed by atoms with E-state index in [1.807, 2.05) is 0 Å². The Bertz CT molecular complexity index is 389. The summed E-state index contributed by atoms with van der Waals surface area (Å²) in [7, 11) is 0. The Hall–Kier alpha value is -0.870. The van der Waals surface area contributed by atoms with E-state index in [-0.39, 0.29) is 12.1 Å². The predicted octanol–water partition coefficient (Wildman–Crippen LogP) is 3.19. The summed E-state index contributed by atoms with van der Waals surface area (Å²) in [6.45, 7) is 6.02. The van der Waals surface area contributed by atoms with E-state index in [0.717, 1.165) is 38.8 Å². The van der Waals surface area contributed by atoms with Crippen LogP contribution in [0.15, 0.2) is 17.5 Å². The Morgan fingerprint density at radius 2 is 2.37 bits per heavy atom. The van der Waals surface area contributed by atoms with Crippen molar-refractivity contribution in [2.75, 3.05) is 13.1 Å². The molecule has 106 valence electrons. The van der Waals surface area contributed by atoms with Gasteiger partial charge in [-0.05, 0) is 37.3 Å². The number of carbonyl (C=O) groups excluding carboxylic acids is 1. The first-order chi connectivity index (χ1) is 9.27. The topological polar surface area (TPSA) is 32.3 Å². The molecular formula is C15H24N2OS. The molecule has 1 aromatic heterocycles. The molecule has 2 unspecified atom stereocenters. The van der Waals surface area contributed by atoms with E-state index in [9.17, 15) is 4.79 Å². The van der Waals surface area contributed by atoms with Crippen LogP contribution in [0.3, 0.4) is 0 Å². The maximum Gasteiger partial charge on any atom is 0.240 e. The third kappa shape index (κ3) is 3.37. The molecule has 2 atom stereocenters. The first-order valence-corrected chi connectivity index (χ1v) is 8.23. The van der Waals surface area contributed by atoms with E-state index in [4.69, 9.17) is 0 Å². The lowest BCUT2D eigenvalue weighted by Crippen LogP contribution is -2.51. The lowest BCUT2D eigenvalue weighted by atomic mass is 9.99. The Morgan fingerprint density at radius 3 is 3.00 bits per heavy atom. The fourth-order valence-corrected chi connectivity index (χ4v) is 3.72. The van der Waals surface area contributed by atoms with Crippen LogP contribution in [0.25, 0.3) is 0 Å². The molecule has 2 rings (SSSR count). The Balaban J connectivity index is 2.14. The summed E-state index contributed by atoms with van der Waals surface area (Å²) < 4.78 is 0. The molecule has 0 saturated carbocycles. The van der Waals surface area contributed by atoms with Gasteiger partial charge in [-0.15, -0.1) is 11.3 Å². The van der Waals surface area contributed by atoms with E-state index in [0.29, 0.717) is 5.91 Å². The fraction of sp³-hybridized carbons (Fsp3) is 0.667. The van der Waals surface area contributed by atoms with Gasteiger partial charge in [0, 0.05) is 11.4 Å². The zero-order valence-electron chi connectivity index (χ0n) is 11.9. The largest absolute Gasteiger partial charge is 0.333 e. The molecule has 1 aliphatic heterocycles. The summed E-state index contributed by atoms with van der Waals surface area (Å²) in [6, 6.07) is 4.55. The normalized spacial score (nSPS) is 21.7. The molecule has 1 saturated heterocycles. The van der Waals surface area contributed by atoms with Gasteiger partial charge in [0.2, 0.25) is 5.91 Å². The number of likely N-dealkylation sites (tertiary alicyclic amines) is 1. The van der Waals surface area contributed by atoms with E-state index in [1.165, 1.54) is 4.88 Å². The number of nitrogens with zero attached hydrogens (tertiary/aromatic N) is 1. The molecule has 4 heteroatoms. The van der Waals surface area contributed by atoms with Crippen LogP contribution in [0.4, 0.5) is 0 Å². The molecule has 0 aromatic carbocycles. The van der Waals surface area contributed by atoms with Crippen LogP contribution in [0.1, 0.15) is 50.4 Å². The smallest absolute Gasteiger partial charge is 0.240 e. The minimum absolute atomic E-state index is 0.0260. The average molecular weight is 280 g/mol. The highest BCUT2D eigenvalue weighted by Gasteiger charge is 2.33. The Labute approximate surface area is 120 Å². The SMILES string of the molecule is CCCC(c1cccs1)N1CCCC(NCC)C1=O. The van der Waals surface area contributed by atoms with Crippen molar-refractivity contribution >= 4 is 17.2 Å². The number of amides is 1. The standard InChI is InChI=1S/C15H24N2OS/c1-3-7-13(14-9-6-11-19-14)17-10-5-8-12(15(17)18)16-4-2/h6,9,11-13,16H,3-5,7-8,10H2,1-2H3. The van der Waals surface area contributed by atoms with Gasteiger partial charge in [-0.2, -0.15) is 0 Å². The number of likely N-dealkylation sites (N-methyl/N-ethyl adjacent to an activating group) is 1. The van der Waals surface area contributed by atoms with Crippen LogP contribution in [0, 0.1) is 0 Å². The highest BCUT2D eigenvalue weighted by Crippen LogP contribution is 2.32. The summed E-state index contributed by atoms with van der Waals surface area (Å²) in [6.07, 6.45) is 4.25. The summed E-state index contributed by atoms with van der Waals surface area (Å²) in [5.41, 5.74) is 0. The highest BCUT2D eigenvalue weighted by molar-refractivity contribution is 7.10. The van der Waals surface area contributed by atoms with Crippen LogP contribution in [0.2, 0.25) is 0 Å². The maximum absolute atomic E-state index is 12.6. The van der Waals surface area contributed by atoms with Gasteiger partial charge < -0.3 is 10.2 Å². The van der Waals surface area contributed by atoms with E-state index < -0.39 is 0 Å². The van der Waals surface area contributed by atoms with Crippen LogP contribution in [-0.4, -0.2) is 29.9 Å². The molecule has 2 heterocycles. The van der Waals surface area contributed by atoms with Crippen LogP contribution in [-0.2, 0) is 4.79 Å². The van der Waals surface area contributed by atoms with E-state index in [1.54, 1.807) is 11.3 Å². The molecule has 1 fully saturated rings. The van der Waals surface area contributed by atoms with Crippen molar-refractivity contribution in [1.29, 1.82) is 0 Å². The van der Waals surface area contributed by atoms with Crippen molar-refractivity contribution in [3.8, 4) is 0 Å². The maximum atomic E-state index is 12.6. The fourth-order valence-electron chi connectivity index (χ4n) is 2.85. The van der Waals surface area contributed by atoms with Crippen LogP contribution < -0.4 is 5.32 Å². The second-order valence-corrected chi connectivity index (χ2v) is 6.08. The van der Waals surface area contributed by atoms with Gasteiger partial charge in [-0.25, -0.2) is 0 Å². The number of rotatable bonds is 6. The molecule has 1 N–H and O–H groups in total. The zero-order chi connectivity index (χ0) is 13.7. The van der Waals surface area contributed by atoms with Crippen molar-refractivity contribution < 1.29 is 4.79 Å². The Morgan fingerprint density at radius 1 is 1.53 bits per heavy atom. The molecule has 0 bridgehead atoms. The van der Waals surface area contributed by atoms with Gasteiger partial charge in [-0.3, -0.25) is 4.79 Å². The molecule has 0 radical (unpaired) electrons. The van der Waals surface area contributed by atoms with Gasteiger partial charge in [0.1, 0.15) is 0 Å². The van der Waals surface area contributed by atoms with Crippen LogP contribution in [0.5, 0.6) is 0 Å². The number of hydrogen-bond donors (Lipinski definition) is 1. The summed E-state index contributed by atoms with van der Waals surface area (Å²) in [5, 5.41) is 5.42. The molecule has 1 amide bonds. The average Bonchev–Trinajstić information content (AvgIpc) is 2.93. The molecule has 19 heavy (non-hydrogen) atoms. The van der Waals surface area contributed by atoms with Crippen LogP contribution >= 0.6 is 11.3 Å². The molecule has 3 nitrogen and oxygen atoms in total. The lowest BCUT2D eigenvalue weighted by molar-refractivity contribution is -0.138. The highest BCUT2D eigenvalue weighted by atomic mass is 32.1. The van der Waals surface area contributed by atoms with Gasteiger partial charge in [0.15, 0.2) is 0 Å². The monoisotopic (exact) mass is 280 g/mol. The predicted molar refractivity (Wildman–Crippen MR) is 80.4 cm³/mol. The lowest BCUT2D eigenvalue weighted by Gasteiger charge is -2.38. The minimum atomic E-state index is 0.0260. The number of carbonyl (C=O) groups is 1. The third-order valence-corrected chi connectivity index (χ3v) is 4.71. The summed E-state index contributed by atoms with van der Waals surface area (Å²) >= 11 is 1.77. The zero-order valence-corrected chi connectivity index (χ0v) is 12.7. The molecule has 1 aliphatic rings. The van der Waals surface area contributed by atoms with Crippen molar-refractivity contribution in [2.24, 2.45) is 0 Å². The van der Waals surface area contributed by atoms with Crippen molar-refractivity contribution in [3.05, 3.63) is 22.4 Å². The second kappa shape index (κ2) is 7.06. The number of nitrogens with one attached hydrogen (secondary N) is 1. The molecule has 0 aliphatic carbocycles. The first-order valence-electron chi connectivity index (χ1n) is 7.35. The van der Waals surface area contributed by atoms with Crippen molar-refractivity contribution in [3.63, 3.8) is 0 Å². The molecular weight excluding hydrogens is 256 g/mol. The molecule has 1 aromatic rings. The third-order valence-electron chi connectivity index (χ3n) is 3.73. The Kier molecular flexibility index (Phi) is 5.40. The van der Waals surface area contributed by atoms with E-state index >= 15 is 0 Å². The summed E-state index contributed by atoms with van der Waals surface area (Å²) in [5.74, 6) is 0.292. The second-order valence-electron chi connectivity index (χ2n) is 5.10. The van der Waals surface area contributed by atoms with Gasteiger partial charge in [0.05, 0.1) is 12.1 Å².